The van der Waals surface area contributed by atoms with Crippen LogP contribution in [-0.2, 0) is 9.53 Å². The van der Waals surface area contributed by atoms with Crippen molar-refractivity contribution in [1.29, 1.82) is 5.26 Å². The lowest BCUT2D eigenvalue weighted by molar-refractivity contribution is -0.141. The number of carbonyl (C=O) groups is 2. The van der Waals surface area contributed by atoms with Crippen molar-refractivity contribution >= 4 is 12.0 Å². The Hall–Kier alpha value is -1.85. The molecule has 0 aromatic rings. The van der Waals surface area contributed by atoms with Crippen molar-refractivity contribution in [2.75, 3.05) is 26.2 Å². The summed E-state index contributed by atoms with van der Waals surface area (Å²) in [4.78, 5) is 25.8. The van der Waals surface area contributed by atoms with Gasteiger partial charge in [0.1, 0.15) is 6.04 Å². The van der Waals surface area contributed by atoms with Crippen LogP contribution in [0.15, 0.2) is 0 Å². The third kappa shape index (κ3) is 2.77. The second-order valence-corrected chi connectivity index (χ2v) is 4.61. The van der Waals surface area contributed by atoms with Gasteiger partial charge in [0.15, 0.2) is 6.10 Å². The van der Waals surface area contributed by atoms with Crippen LogP contribution in [0.1, 0.15) is 6.42 Å². The van der Waals surface area contributed by atoms with Gasteiger partial charge in [0.05, 0.1) is 25.3 Å². The topological polar surface area (TPSA) is 114 Å². The van der Waals surface area contributed by atoms with Crippen molar-refractivity contribution < 1.29 is 24.5 Å². The third-order valence-corrected chi connectivity index (χ3v) is 3.29. The highest BCUT2D eigenvalue weighted by Gasteiger charge is 2.41. The molecule has 2 fully saturated rings. The third-order valence-electron chi connectivity index (χ3n) is 3.29. The average Bonchev–Trinajstić information content (AvgIpc) is 2.80. The summed E-state index contributed by atoms with van der Waals surface area (Å²) in [7, 11) is 0. The number of urea groups is 1. The number of aliphatic hydroxyl groups is 1. The molecule has 8 heteroatoms. The number of nitrogens with zero attached hydrogens (tertiary/aromatic N) is 3. The van der Waals surface area contributed by atoms with E-state index >= 15 is 0 Å². The second-order valence-electron chi connectivity index (χ2n) is 4.61. The SMILES string of the molecule is N#CC1CN(C(=O)N2C[C@H](O)C[C@@H]2C(=O)O)CCO1. The number of amides is 2. The van der Waals surface area contributed by atoms with Crippen LogP contribution in [0.5, 0.6) is 0 Å². The smallest absolute Gasteiger partial charge is 0.326 e. The summed E-state index contributed by atoms with van der Waals surface area (Å²) < 4.78 is 5.13. The monoisotopic (exact) mass is 269 g/mol. The summed E-state index contributed by atoms with van der Waals surface area (Å²) in [5.74, 6) is -1.13. The Morgan fingerprint density at radius 1 is 1.37 bits per heavy atom. The summed E-state index contributed by atoms with van der Waals surface area (Å²) in [6.07, 6.45) is -1.47. The molecule has 2 aliphatic heterocycles. The van der Waals surface area contributed by atoms with E-state index in [1.165, 1.54) is 4.90 Å². The summed E-state index contributed by atoms with van der Waals surface area (Å²) in [6.45, 7) is 0.687. The van der Waals surface area contributed by atoms with Crippen LogP contribution in [0.25, 0.3) is 0 Å². The van der Waals surface area contributed by atoms with Gasteiger partial charge in [-0.3, -0.25) is 0 Å². The van der Waals surface area contributed by atoms with Crippen LogP contribution in [0.4, 0.5) is 4.79 Å². The Labute approximate surface area is 109 Å². The van der Waals surface area contributed by atoms with Crippen molar-refractivity contribution in [3.63, 3.8) is 0 Å². The zero-order valence-electron chi connectivity index (χ0n) is 10.2. The van der Waals surface area contributed by atoms with Crippen LogP contribution in [-0.4, -0.2) is 76.5 Å². The molecule has 2 heterocycles. The number of rotatable bonds is 1. The quantitative estimate of drug-likeness (QED) is 0.621. The molecule has 0 aromatic carbocycles. The van der Waals surface area contributed by atoms with Gasteiger partial charge in [0, 0.05) is 19.5 Å². The van der Waals surface area contributed by atoms with Gasteiger partial charge in [-0.05, 0) is 0 Å². The maximum atomic E-state index is 12.2. The lowest BCUT2D eigenvalue weighted by atomic mass is 10.2. The van der Waals surface area contributed by atoms with Gasteiger partial charge in [0.2, 0.25) is 0 Å². The van der Waals surface area contributed by atoms with E-state index in [1.54, 1.807) is 0 Å². The molecule has 2 N–H and O–H groups in total. The zero-order chi connectivity index (χ0) is 14.0. The molecule has 0 bridgehead atoms. The summed E-state index contributed by atoms with van der Waals surface area (Å²) in [5, 5.41) is 27.3. The lowest BCUT2D eigenvalue weighted by Crippen LogP contribution is -2.53. The fourth-order valence-corrected chi connectivity index (χ4v) is 2.34. The minimum atomic E-state index is -1.13. The van der Waals surface area contributed by atoms with Gasteiger partial charge in [-0.15, -0.1) is 0 Å². The number of carboxylic acid groups (broad SMARTS) is 1. The average molecular weight is 269 g/mol. The molecule has 0 aliphatic carbocycles. The Morgan fingerprint density at radius 3 is 2.74 bits per heavy atom. The predicted molar refractivity (Wildman–Crippen MR) is 61.1 cm³/mol. The summed E-state index contributed by atoms with van der Waals surface area (Å²) >= 11 is 0. The van der Waals surface area contributed by atoms with Crippen LogP contribution < -0.4 is 0 Å². The molecule has 2 amide bonds. The number of hydrogen-bond acceptors (Lipinski definition) is 5. The molecule has 0 radical (unpaired) electrons. The Balaban J connectivity index is 2.06. The first-order valence-corrected chi connectivity index (χ1v) is 6.00. The number of hydrogen-bond donors (Lipinski definition) is 2. The standard InChI is InChI=1S/C11H15N3O5/c12-4-8-6-13(1-2-19-8)11(18)14-5-7(15)3-9(14)10(16)17/h7-9,15H,1-3,5-6H2,(H,16,17)/t7-,8?,9-/m1/s1. The van der Waals surface area contributed by atoms with E-state index in [1.807, 2.05) is 6.07 Å². The molecule has 3 atom stereocenters. The molecule has 1 unspecified atom stereocenters. The number of ether oxygens (including phenoxy) is 1. The minimum Gasteiger partial charge on any atom is -0.480 e. The molecule has 2 saturated heterocycles. The van der Waals surface area contributed by atoms with Crippen LogP contribution in [0, 0.1) is 11.3 Å². The number of aliphatic hydroxyl groups excluding tert-OH is 1. The van der Waals surface area contributed by atoms with Gasteiger partial charge >= 0.3 is 12.0 Å². The Morgan fingerprint density at radius 2 is 2.11 bits per heavy atom. The molecule has 104 valence electrons. The largest absolute Gasteiger partial charge is 0.480 e. The maximum absolute atomic E-state index is 12.2. The van der Waals surface area contributed by atoms with Gasteiger partial charge in [-0.1, -0.05) is 0 Å². The molecule has 2 rings (SSSR count). The van der Waals surface area contributed by atoms with Crippen molar-refractivity contribution in [2.24, 2.45) is 0 Å². The maximum Gasteiger partial charge on any atom is 0.326 e. The normalized spacial score (nSPS) is 31.1. The Kier molecular flexibility index (Phi) is 3.87. The van der Waals surface area contributed by atoms with E-state index < -0.39 is 30.3 Å². The fourth-order valence-electron chi connectivity index (χ4n) is 2.34. The van der Waals surface area contributed by atoms with Gasteiger partial charge in [0.25, 0.3) is 0 Å². The second kappa shape index (κ2) is 5.42. The highest BCUT2D eigenvalue weighted by Crippen LogP contribution is 2.21. The number of nitriles is 1. The molecular formula is C11H15N3O5. The Bertz CT molecular complexity index is 421. The fraction of sp³-hybridized carbons (Fsp3) is 0.727. The first-order chi connectivity index (χ1) is 9.02. The first kappa shape index (κ1) is 13.6. The number of carbonyl (C=O) groups excluding carboxylic acids is 1. The van der Waals surface area contributed by atoms with Crippen LogP contribution in [0.2, 0.25) is 0 Å². The predicted octanol–water partition coefficient (Wildman–Crippen LogP) is -1.15. The lowest BCUT2D eigenvalue weighted by Gasteiger charge is -2.34. The van der Waals surface area contributed by atoms with Crippen molar-refractivity contribution in [1.82, 2.24) is 9.80 Å². The molecule has 2 aliphatic rings. The van der Waals surface area contributed by atoms with Crippen molar-refractivity contribution in [3.8, 4) is 6.07 Å². The van der Waals surface area contributed by atoms with Crippen LogP contribution >= 0.6 is 0 Å². The minimum absolute atomic E-state index is 0.00434. The zero-order valence-corrected chi connectivity index (χ0v) is 10.2. The number of morpholine rings is 1. The van der Waals surface area contributed by atoms with Gasteiger partial charge in [-0.25, -0.2) is 9.59 Å². The van der Waals surface area contributed by atoms with Gasteiger partial charge in [-0.2, -0.15) is 5.26 Å². The number of likely N-dealkylation sites (tertiary alicyclic amines) is 1. The number of carboxylic acids is 1. The summed E-state index contributed by atoms with van der Waals surface area (Å²) in [6, 6.07) is 0.448. The number of β-amino-alcohol motifs (C(OH)–C–C–N with tert-alkyl or cyclic N) is 1. The highest BCUT2D eigenvalue weighted by atomic mass is 16.5. The van der Waals surface area contributed by atoms with Crippen molar-refractivity contribution in [3.05, 3.63) is 0 Å². The van der Waals surface area contributed by atoms with Crippen LogP contribution in [0.3, 0.4) is 0 Å². The van der Waals surface area contributed by atoms with E-state index in [0.29, 0.717) is 6.54 Å². The molecule has 19 heavy (non-hydrogen) atoms. The molecule has 8 nitrogen and oxygen atoms in total. The van der Waals surface area contributed by atoms with E-state index in [9.17, 15) is 14.7 Å². The summed E-state index contributed by atoms with van der Waals surface area (Å²) in [5.41, 5.74) is 0. The van der Waals surface area contributed by atoms with E-state index in [2.05, 4.69) is 0 Å². The highest BCUT2D eigenvalue weighted by molar-refractivity contribution is 5.83. The van der Waals surface area contributed by atoms with Gasteiger partial charge < -0.3 is 24.7 Å². The first-order valence-electron chi connectivity index (χ1n) is 6.00. The van der Waals surface area contributed by atoms with E-state index in [4.69, 9.17) is 15.1 Å². The number of aliphatic carboxylic acids is 1. The van der Waals surface area contributed by atoms with E-state index in [0.717, 1.165) is 4.90 Å². The van der Waals surface area contributed by atoms with E-state index in [-0.39, 0.29) is 26.1 Å². The molecular weight excluding hydrogens is 254 g/mol. The molecule has 0 spiro atoms. The van der Waals surface area contributed by atoms with Crippen molar-refractivity contribution in [2.45, 2.75) is 24.7 Å². The molecule has 0 aromatic heterocycles. The molecule has 0 saturated carbocycles.